The van der Waals surface area contributed by atoms with Crippen LogP contribution >= 0.6 is 0 Å². The number of rotatable bonds is 0. The van der Waals surface area contributed by atoms with Crippen molar-refractivity contribution in [3.63, 3.8) is 0 Å². The van der Waals surface area contributed by atoms with E-state index >= 15 is 0 Å². The molecule has 76 valence electrons. The zero-order valence-corrected chi connectivity index (χ0v) is 9.63. The van der Waals surface area contributed by atoms with Crippen LogP contribution in [0.3, 0.4) is 0 Å². The predicted octanol–water partition coefficient (Wildman–Crippen LogP) is 3.28. The zero-order chi connectivity index (χ0) is 11.2. The minimum atomic E-state index is 0.0207. The summed E-state index contributed by atoms with van der Waals surface area (Å²) in [5.41, 5.74) is 1.66. The van der Waals surface area contributed by atoms with Gasteiger partial charge in [0, 0.05) is 17.3 Å². The highest BCUT2D eigenvalue weighted by atomic mass is 14.7. The van der Waals surface area contributed by atoms with Gasteiger partial charge in [-0.05, 0) is 12.1 Å². The topological polar surface area (TPSA) is 36.7 Å². The molecule has 2 heteroatoms. The SMILES string of the molecule is CC.CC(C)(C)c1cc(C#N)ccn1. The fraction of sp³-hybridized carbons (Fsp3) is 0.500. The van der Waals surface area contributed by atoms with Gasteiger partial charge in [-0.25, -0.2) is 0 Å². The van der Waals surface area contributed by atoms with Gasteiger partial charge in [-0.1, -0.05) is 34.6 Å². The molecule has 1 aromatic rings. The third kappa shape index (κ3) is 3.57. The van der Waals surface area contributed by atoms with Crippen LogP contribution in [0.2, 0.25) is 0 Å². The maximum absolute atomic E-state index is 8.65. The van der Waals surface area contributed by atoms with E-state index in [2.05, 4.69) is 31.8 Å². The molecule has 14 heavy (non-hydrogen) atoms. The fourth-order valence-electron chi connectivity index (χ4n) is 0.910. The zero-order valence-electron chi connectivity index (χ0n) is 9.63. The van der Waals surface area contributed by atoms with Crippen LogP contribution in [-0.2, 0) is 5.41 Å². The molecule has 2 nitrogen and oxygen atoms in total. The summed E-state index contributed by atoms with van der Waals surface area (Å²) in [6.45, 7) is 10.2. The molecule has 0 N–H and O–H groups in total. The van der Waals surface area contributed by atoms with Crippen molar-refractivity contribution < 1.29 is 0 Å². The third-order valence-corrected chi connectivity index (χ3v) is 1.66. The molecule has 0 saturated carbocycles. The Morgan fingerprint density at radius 2 is 1.86 bits per heavy atom. The van der Waals surface area contributed by atoms with Gasteiger partial charge < -0.3 is 0 Å². The molecule has 0 aromatic carbocycles. The Bertz CT molecular complexity index is 316. The van der Waals surface area contributed by atoms with Gasteiger partial charge in [-0.15, -0.1) is 0 Å². The number of pyridine rings is 1. The standard InChI is InChI=1S/C10H12N2.C2H6/c1-10(2,3)9-6-8(7-11)4-5-12-9;1-2/h4-6H,1-3H3;1-2H3. The first-order chi connectivity index (χ1) is 6.54. The van der Waals surface area contributed by atoms with Gasteiger partial charge in [0.25, 0.3) is 0 Å². The molecule has 0 radical (unpaired) electrons. The second kappa shape index (κ2) is 5.39. The van der Waals surface area contributed by atoms with Crippen molar-refractivity contribution in [3.05, 3.63) is 29.6 Å². The lowest BCUT2D eigenvalue weighted by Gasteiger charge is -2.16. The molecule has 0 unspecified atom stereocenters. The summed E-state index contributed by atoms with van der Waals surface area (Å²) in [6.07, 6.45) is 1.68. The molecule has 0 spiro atoms. The molecular weight excluding hydrogens is 172 g/mol. The molecular formula is C12H18N2. The Morgan fingerprint density at radius 3 is 2.29 bits per heavy atom. The van der Waals surface area contributed by atoms with Gasteiger partial charge in [-0.2, -0.15) is 5.26 Å². The first-order valence-electron chi connectivity index (χ1n) is 4.90. The summed E-state index contributed by atoms with van der Waals surface area (Å²) in [5.74, 6) is 0. The first kappa shape index (κ1) is 12.6. The van der Waals surface area contributed by atoms with Crippen molar-refractivity contribution in [2.24, 2.45) is 0 Å². The van der Waals surface area contributed by atoms with Crippen LogP contribution in [0.5, 0.6) is 0 Å². The molecule has 0 aliphatic carbocycles. The Kier molecular flexibility index (Phi) is 4.86. The summed E-state index contributed by atoms with van der Waals surface area (Å²) in [4.78, 5) is 4.21. The van der Waals surface area contributed by atoms with Crippen molar-refractivity contribution in [3.8, 4) is 6.07 Å². The molecule has 0 aliphatic rings. The molecule has 0 atom stereocenters. The molecule has 0 aliphatic heterocycles. The summed E-state index contributed by atoms with van der Waals surface area (Å²) < 4.78 is 0. The maximum atomic E-state index is 8.65. The van der Waals surface area contributed by atoms with Crippen LogP contribution in [0.4, 0.5) is 0 Å². The minimum Gasteiger partial charge on any atom is -0.261 e. The van der Waals surface area contributed by atoms with E-state index in [1.807, 2.05) is 19.9 Å². The van der Waals surface area contributed by atoms with E-state index < -0.39 is 0 Å². The summed E-state index contributed by atoms with van der Waals surface area (Å²) in [6, 6.07) is 5.65. The summed E-state index contributed by atoms with van der Waals surface area (Å²) in [7, 11) is 0. The lowest BCUT2D eigenvalue weighted by molar-refractivity contribution is 0.568. The number of nitrogens with zero attached hydrogens (tertiary/aromatic N) is 2. The Balaban J connectivity index is 0.000000791. The highest BCUT2D eigenvalue weighted by Gasteiger charge is 2.14. The predicted molar refractivity (Wildman–Crippen MR) is 59.0 cm³/mol. The Labute approximate surface area is 86.6 Å². The molecule has 1 rings (SSSR count). The van der Waals surface area contributed by atoms with Gasteiger partial charge >= 0.3 is 0 Å². The van der Waals surface area contributed by atoms with Crippen LogP contribution < -0.4 is 0 Å². The van der Waals surface area contributed by atoms with Crippen molar-refractivity contribution >= 4 is 0 Å². The number of nitriles is 1. The van der Waals surface area contributed by atoms with E-state index in [1.165, 1.54) is 0 Å². The van der Waals surface area contributed by atoms with Gasteiger partial charge in [0.1, 0.15) is 0 Å². The van der Waals surface area contributed by atoms with Crippen LogP contribution in [0, 0.1) is 11.3 Å². The number of hydrogen-bond donors (Lipinski definition) is 0. The molecule has 1 aromatic heterocycles. The normalized spacial score (nSPS) is 9.71. The average Bonchev–Trinajstić information content (AvgIpc) is 2.20. The van der Waals surface area contributed by atoms with E-state index in [0.717, 1.165) is 5.69 Å². The lowest BCUT2D eigenvalue weighted by Crippen LogP contribution is -2.13. The molecule has 1 heterocycles. The maximum Gasteiger partial charge on any atom is 0.0992 e. The minimum absolute atomic E-state index is 0.0207. The van der Waals surface area contributed by atoms with Crippen molar-refractivity contribution in [2.45, 2.75) is 40.0 Å². The van der Waals surface area contributed by atoms with Crippen molar-refractivity contribution in [1.29, 1.82) is 5.26 Å². The number of aromatic nitrogens is 1. The summed E-state index contributed by atoms with van der Waals surface area (Å²) in [5, 5.41) is 8.65. The van der Waals surface area contributed by atoms with Gasteiger partial charge in [0.15, 0.2) is 0 Å². The Hall–Kier alpha value is -1.36. The van der Waals surface area contributed by atoms with Crippen molar-refractivity contribution in [2.75, 3.05) is 0 Å². The lowest BCUT2D eigenvalue weighted by atomic mass is 9.91. The fourth-order valence-corrected chi connectivity index (χ4v) is 0.910. The van der Waals surface area contributed by atoms with Crippen LogP contribution in [0.25, 0.3) is 0 Å². The average molecular weight is 190 g/mol. The van der Waals surface area contributed by atoms with Gasteiger partial charge in [0.05, 0.1) is 11.6 Å². The molecule has 0 amide bonds. The molecule has 0 saturated heterocycles. The van der Waals surface area contributed by atoms with E-state index in [9.17, 15) is 0 Å². The molecule has 0 bridgehead atoms. The monoisotopic (exact) mass is 190 g/mol. The van der Waals surface area contributed by atoms with E-state index in [0.29, 0.717) is 5.56 Å². The highest BCUT2D eigenvalue weighted by molar-refractivity contribution is 5.30. The van der Waals surface area contributed by atoms with Crippen LogP contribution in [0.1, 0.15) is 45.9 Å². The van der Waals surface area contributed by atoms with E-state index in [4.69, 9.17) is 5.26 Å². The second-order valence-electron chi connectivity index (χ2n) is 3.79. The first-order valence-corrected chi connectivity index (χ1v) is 4.90. The largest absolute Gasteiger partial charge is 0.261 e. The van der Waals surface area contributed by atoms with Gasteiger partial charge in [0.2, 0.25) is 0 Å². The smallest absolute Gasteiger partial charge is 0.0992 e. The summed E-state index contributed by atoms with van der Waals surface area (Å²) >= 11 is 0. The quantitative estimate of drug-likeness (QED) is 0.629. The van der Waals surface area contributed by atoms with Crippen molar-refractivity contribution in [1.82, 2.24) is 4.98 Å². The molecule has 0 fully saturated rings. The third-order valence-electron chi connectivity index (χ3n) is 1.66. The van der Waals surface area contributed by atoms with Gasteiger partial charge in [-0.3, -0.25) is 4.98 Å². The van der Waals surface area contributed by atoms with E-state index in [-0.39, 0.29) is 5.41 Å². The van der Waals surface area contributed by atoms with E-state index in [1.54, 1.807) is 12.3 Å². The van der Waals surface area contributed by atoms with Crippen LogP contribution in [-0.4, -0.2) is 4.98 Å². The Morgan fingerprint density at radius 1 is 1.29 bits per heavy atom. The second-order valence-corrected chi connectivity index (χ2v) is 3.79. The highest BCUT2D eigenvalue weighted by Crippen LogP contribution is 2.19. The van der Waals surface area contributed by atoms with Crippen LogP contribution in [0.15, 0.2) is 18.3 Å². The number of hydrogen-bond acceptors (Lipinski definition) is 2.